The van der Waals surface area contributed by atoms with E-state index in [-0.39, 0.29) is 6.61 Å². The van der Waals surface area contributed by atoms with Gasteiger partial charge in [-0.05, 0) is 6.92 Å². The van der Waals surface area contributed by atoms with E-state index in [4.69, 9.17) is 9.52 Å². The Bertz CT molecular complexity index is 171. The lowest BCUT2D eigenvalue weighted by Gasteiger charge is -1.78. The summed E-state index contributed by atoms with van der Waals surface area (Å²) >= 11 is 0. The molecule has 0 aliphatic rings. The van der Waals surface area contributed by atoms with Crippen molar-refractivity contribution in [3.05, 3.63) is 17.8 Å². The number of hydrogen-bond donors (Lipinski definition) is 1. The molecule has 1 aromatic rings. The van der Waals surface area contributed by atoms with Crippen molar-refractivity contribution in [1.82, 2.24) is 4.98 Å². The van der Waals surface area contributed by atoms with Crippen molar-refractivity contribution in [1.29, 1.82) is 0 Å². The molecule has 0 radical (unpaired) electrons. The molecule has 0 aromatic carbocycles. The summed E-state index contributed by atoms with van der Waals surface area (Å²) in [5.74, 6) is 0.377. The fourth-order valence-corrected chi connectivity index (χ4v) is 0.475. The molecule has 0 aliphatic carbocycles. The summed E-state index contributed by atoms with van der Waals surface area (Å²) in [5, 5.41) is 8.39. The van der Waals surface area contributed by atoms with Gasteiger partial charge < -0.3 is 9.52 Å². The topological polar surface area (TPSA) is 46.3 Å². The normalized spacial score (nSPS) is 9.75. The highest BCUT2D eigenvalue weighted by molar-refractivity contribution is 4.90. The average Bonchev–Trinajstić information content (AvgIpc) is 2.14. The number of aliphatic hydroxyl groups is 1. The van der Waals surface area contributed by atoms with Gasteiger partial charge in [0.2, 0.25) is 5.89 Å². The Balaban J connectivity index is 2.84. The van der Waals surface area contributed by atoms with Crippen LogP contribution in [0.15, 0.2) is 10.7 Å². The summed E-state index contributed by atoms with van der Waals surface area (Å²) in [4.78, 5) is 3.81. The Morgan fingerprint density at radius 3 is 2.88 bits per heavy atom. The second-order valence-corrected chi connectivity index (χ2v) is 1.54. The molecule has 0 saturated carbocycles. The number of rotatable bonds is 1. The molecule has 1 heterocycles. The summed E-state index contributed by atoms with van der Waals surface area (Å²) < 4.78 is 4.75. The minimum atomic E-state index is -0.117. The van der Waals surface area contributed by atoms with Gasteiger partial charge in [0.1, 0.15) is 12.9 Å². The van der Waals surface area contributed by atoms with Crippen LogP contribution in [0.3, 0.4) is 0 Å². The Kier molecular flexibility index (Phi) is 1.30. The van der Waals surface area contributed by atoms with Gasteiger partial charge in [-0.25, -0.2) is 4.98 Å². The zero-order valence-electron chi connectivity index (χ0n) is 4.59. The van der Waals surface area contributed by atoms with Gasteiger partial charge in [-0.15, -0.1) is 0 Å². The minimum Gasteiger partial charge on any atom is -0.446 e. The third kappa shape index (κ3) is 0.869. The summed E-state index contributed by atoms with van der Waals surface area (Å²) in [6.07, 6.45) is 1.51. The molecule has 0 bridgehead atoms. The van der Waals surface area contributed by atoms with Gasteiger partial charge in [0.15, 0.2) is 0 Å². The first kappa shape index (κ1) is 5.31. The predicted octanol–water partition coefficient (Wildman–Crippen LogP) is 0.475. The first-order chi connectivity index (χ1) is 3.83. The van der Waals surface area contributed by atoms with Crippen LogP contribution in [0.2, 0.25) is 0 Å². The van der Waals surface area contributed by atoms with Gasteiger partial charge in [0, 0.05) is 0 Å². The van der Waals surface area contributed by atoms with Crippen molar-refractivity contribution < 1.29 is 9.52 Å². The van der Waals surface area contributed by atoms with Crippen LogP contribution in [0.4, 0.5) is 0 Å². The highest BCUT2D eigenvalue weighted by atomic mass is 16.4. The zero-order chi connectivity index (χ0) is 5.98. The van der Waals surface area contributed by atoms with E-state index in [1.165, 1.54) is 6.26 Å². The number of hydrogen-bond acceptors (Lipinski definition) is 3. The van der Waals surface area contributed by atoms with Gasteiger partial charge in [0.25, 0.3) is 0 Å². The Labute approximate surface area is 47.0 Å². The van der Waals surface area contributed by atoms with E-state index in [2.05, 4.69) is 4.98 Å². The molecule has 0 unspecified atom stereocenters. The van der Waals surface area contributed by atoms with Crippen LogP contribution in [0.5, 0.6) is 0 Å². The zero-order valence-corrected chi connectivity index (χ0v) is 4.59. The molecule has 1 rings (SSSR count). The van der Waals surface area contributed by atoms with Crippen LogP contribution in [-0.2, 0) is 6.61 Å². The maximum atomic E-state index is 8.39. The number of aliphatic hydroxyl groups excluding tert-OH is 1. The van der Waals surface area contributed by atoms with E-state index in [0.29, 0.717) is 5.89 Å². The average molecular weight is 113 g/mol. The van der Waals surface area contributed by atoms with E-state index in [1.54, 1.807) is 0 Å². The van der Waals surface area contributed by atoms with Crippen LogP contribution < -0.4 is 0 Å². The van der Waals surface area contributed by atoms with Crippen molar-refractivity contribution in [2.45, 2.75) is 13.5 Å². The van der Waals surface area contributed by atoms with Crippen LogP contribution in [0.25, 0.3) is 0 Å². The monoisotopic (exact) mass is 113 g/mol. The molecule has 8 heavy (non-hydrogen) atoms. The third-order valence-corrected chi connectivity index (χ3v) is 0.802. The quantitative estimate of drug-likeness (QED) is 0.576. The van der Waals surface area contributed by atoms with Crippen LogP contribution in [-0.4, -0.2) is 10.1 Å². The van der Waals surface area contributed by atoms with Crippen molar-refractivity contribution >= 4 is 0 Å². The van der Waals surface area contributed by atoms with Gasteiger partial charge in [-0.2, -0.15) is 0 Å². The first-order valence-corrected chi connectivity index (χ1v) is 2.35. The maximum Gasteiger partial charge on any atom is 0.219 e. The molecule has 0 spiro atoms. The smallest absolute Gasteiger partial charge is 0.219 e. The summed E-state index contributed by atoms with van der Waals surface area (Å²) in [5.41, 5.74) is 0.800. The highest BCUT2D eigenvalue weighted by Crippen LogP contribution is 1.97. The fraction of sp³-hybridized carbons (Fsp3) is 0.400. The Morgan fingerprint density at radius 2 is 2.62 bits per heavy atom. The van der Waals surface area contributed by atoms with Gasteiger partial charge >= 0.3 is 0 Å². The Hall–Kier alpha value is -0.830. The predicted molar refractivity (Wildman–Crippen MR) is 27.2 cm³/mol. The molecule has 1 aromatic heterocycles. The van der Waals surface area contributed by atoms with E-state index in [1.807, 2.05) is 6.92 Å². The van der Waals surface area contributed by atoms with Crippen molar-refractivity contribution in [2.75, 3.05) is 0 Å². The van der Waals surface area contributed by atoms with E-state index in [0.717, 1.165) is 5.69 Å². The molecule has 44 valence electrons. The van der Waals surface area contributed by atoms with Gasteiger partial charge in [-0.1, -0.05) is 0 Å². The molecule has 0 atom stereocenters. The molecule has 0 aliphatic heterocycles. The number of oxazole rings is 1. The van der Waals surface area contributed by atoms with Crippen molar-refractivity contribution in [3.63, 3.8) is 0 Å². The Morgan fingerprint density at radius 1 is 1.88 bits per heavy atom. The van der Waals surface area contributed by atoms with Crippen molar-refractivity contribution in [3.8, 4) is 0 Å². The fourth-order valence-electron chi connectivity index (χ4n) is 0.475. The van der Waals surface area contributed by atoms with Crippen LogP contribution >= 0.6 is 0 Å². The number of nitrogens with zero attached hydrogens (tertiary/aromatic N) is 1. The summed E-state index contributed by atoms with van der Waals surface area (Å²) in [6, 6.07) is 0. The second-order valence-electron chi connectivity index (χ2n) is 1.54. The molecule has 0 fully saturated rings. The van der Waals surface area contributed by atoms with E-state index >= 15 is 0 Å². The standard InChI is InChI=1S/C5H7NO2/c1-4-3-8-5(2-7)6-4/h3,7H,2H2,1H3. The van der Waals surface area contributed by atoms with E-state index in [9.17, 15) is 0 Å². The maximum absolute atomic E-state index is 8.39. The van der Waals surface area contributed by atoms with Crippen molar-refractivity contribution in [2.24, 2.45) is 0 Å². The largest absolute Gasteiger partial charge is 0.446 e. The molecule has 3 nitrogen and oxygen atoms in total. The van der Waals surface area contributed by atoms with Crippen LogP contribution in [0.1, 0.15) is 11.6 Å². The summed E-state index contributed by atoms with van der Waals surface area (Å²) in [7, 11) is 0. The lowest BCUT2D eigenvalue weighted by Crippen LogP contribution is -1.80. The lowest BCUT2D eigenvalue weighted by molar-refractivity contribution is 0.240. The molecular weight excluding hydrogens is 106 g/mol. The summed E-state index contributed by atoms with van der Waals surface area (Å²) in [6.45, 7) is 1.69. The second kappa shape index (κ2) is 1.96. The lowest BCUT2D eigenvalue weighted by atomic mass is 10.6. The first-order valence-electron chi connectivity index (χ1n) is 2.35. The molecule has 1 N–H and O–H groups in total. The van der Waals surface area contributed by atoms with Gasteiger partial charge in [-0.3, -0.25) is 0 Å². The molecule has 3 heteroatoms. The molecular formula is C5H7NO2. The van der Waals surface area contributed by atoms with Crippen LogP contribution in [0, 0.1) is 6.92 Å². The van der Waals surface area contributed by atoms with E-state index < -0.39 is 0 Å². The SMILES string of the molecule is Cc1coc(CO)n1. The molecule has 0 saturated heterocycles. The number of aryl methyl sites for hydroxylation is 1. The molecule has 0 amide bonds. The van der Waals surface area contributed by atoms with Gasteiger partial charge in [0.05, 0.1) is 5.69 Å². The third-order valence-electron chi connectivity index (χ3n) is 0.802. The minimum absolute atomic E-state index is 0.117. The number of aromatic nitrogens is 1. The highest BCUT2D eigenvalue weighted by Gasteiger charge is 1.94.